The molecule has 1 fully saturated rings. The van der Waals surface area contributed by atoms with Crippen LogP contribution in [0.15, 0.2) is 28.9 Å². The summed E-state index contributed by atoms with van der Waals surface area (Å²) < 4.78 is 32.4. The van der Waals surface area contributed by atoms with Gasteiger partial charge in [-0.25, -0.2) is 18.6 Å². The molecule has 1 aromatic heterocycles. The number of carboxylic acids is 1. The molecule has 0 radical (unpaired) electrons. The van der Waals surface area contributed by atoms with E-state index in [0.29, 0.717) is 12.8 Å². The topological polar surface area (TPSA) is 83.6 Å². The Morgan fingerprint density at radius 2 is 2.00 bits per heavy atom. The number of halogens is 2. The molecular formula is C15H12F2N2O4. The van der Waals surface area contributed by atoms with Crippen molar-refractivity contribution in [2.24, 2.45) is 0 Å². The normalized spacial score (nSPS) is 17.5. The van der Waals surface area contributed by atoms with Gasteiger partial charge in [-0.3, -0.25) is 4.79 Å². The van der Waals surface area contributed by atoms with Crippen molar-refractivity contribution in [3.05, 3.63) is 41.8 Å². The zero-order valence-corrected chi connectivity index (χ0v) is 11.8. The van der Waals surface area contributed by atoms with Gasteiger partial charge in [-0.05, 0) is 25.0 Å². The molecule has 1 atom stereocenters. The highest BCUT2D eigenvalue weighted by atomic mass is 19.1. The monoisotopic (exact) mass is 322 g/mol. The van der Waals surface area contributed by atoms with Crippen molar-refractivity contribution in [3.8, 4) is 11.5 Å². The average Bonchev–Trinajstić information content (AvgIpc) is 3.16. The van der Waals surface area contributed by atoms with Gasteiger partial charge in [-0.1, -0.05) is 6.07 Å². The van der Waals surface area contributed by atoms with Gasteiger partial charge in [0.05, 0.1) is 0 Å². The minimum absolute atomic E-state index is 0.184. The Hall–Kier alpha value is -2.77. The van der Waals surface area contributed by atoms with Crippen molar-refractivity contribution >= 4 is 11.9 Å². The molecule has 2 heterocycles. The number of rotatable bonds is 3. The summed E-state index contributed by atoms with van der Waals surface area (Å²) in [6, 6.07) is 2.37. The van der Waals surface area contributed by atoms with E-state index in [9.17, 15) is 18.4 Å². The van der Waals surface area contributed by atoms with Crippen LogP contribution in [0.25, 0.3) is 11.5 Å². The quantitative estimate of drug-likeness (QED) is 0.937. The van der Waals surface area contributed by atoms with Gasteiger partial charge < -0.3 is 14.4 Å². The number of nitrogens with zero attached hydrogens (tertiary/aromatic N) is 2. The van der Waals surface area contributed by atoms with Gasteiger partial charge in [0, 0.05) is 6.54 Å². The van der Waals surface area contributed by atoms with Gasteiger partial charge in [-0.15, -0.1) is 0 Å². The van der Waals surface area contributed by atoms with Crippen molar-refractivity contribution in [3.63, 3.8) is 0 Å². The lowest BCUT2D eigenvalue weighted by Gasteiger charge is -2.19. The maximum Gasteiger partial charge on any atom is 0.326 e. The van der Waals surface area contributed by atoms with Crippen LogP contribution in [0, 0.1) is 11.6 Å². The molecule has 0 spiro atoms. The summed E-state index contributed by atoms with van der Waals surface area (Å²) in [5.74, 6) is -3.83. The summed E-state index contributed by atoms with van der Waals surface area (Å²) in [6.45, 7) is 0.284. The van der Waals surface area contributed by atoms with E-state index < -0.39 is 35.1 Å². The number of hydrogen-bond acceptors (Lipinski definition) is 4. The highest BCUT2D eigenvalue weighted by Crippen LogP contribution is 2.26. The number of benzene rings is 1. The first-order chi connectivity index (χ1) is 11.0. The molecule has 1 N–H and O–H groups in total. The number of carbonyl (C=O) groups excluding carboxylic acids is 1. The number of carbonyl (C=O) groups is 2. The molecule has 1 saturated heterocycles. The number of aliphatic carboxylic acids is 1. The van der Waals surface area contributed by atoms with Crippen LogP contribution in [-0.4, -0.2) is 39.5 Å². The van der Waals surface area contributed by atoms with Crippen LogP contribution in [0.2, 0.25) is 0 Å². The lowest BCUT2D eigenvalue weighted by atomic mass is 10.2. The van der Waals surface area contributed by atoms with Crippen LogP contribution < -0.4 is 0 Å². The van der Waals surface area contributed by atoms with Gasteiger partial charge in [0.2, 0.25) is 5.89 Å². The van der Waals surface area contributed by atoms with E-state index in [2.05, 4.69) is 4.98 Å². The smallest absolute Gasteiger partial charge is 0.326 e. The van der Waals surface area contributed by atoms with Crippen molar-refractivity contribution in [1.29, 1.82) is 0 Å². The van der Waals surface area contributed by atoms with E-state index in [1.54, 1.807) is 0 Å². The van der Waals surface area contributed by atoms with E-state index in [4.69, 9.17) is 9.52 Å². The second kappa shape index (κ2) is 5.79. The Morgan fingerprint density at radius 3 is 2.65 bits per heavy atom. The van der Waals surface area contributed by atoms with Gasteiger partial charge in [0.25, 0.3) is 5.91 Å². The average molecular weight is 322 g/mol. The molecule has 6 nitrogen and oxygen atoms in total. The third kappa shape index (κ3) is 2.67. The van der Waals surface area contributed by atoms with Gasteiger partial charge in [0.1, 0.15) is 29.5 Å². The molecule has 0 bridgehead atoms. The number of likely N-dealkylation sites (tertiary alicyclic amines) is 1. The molecule has 1 aliphatic rings. The SMILES string of the molecule is O=C(O)C1CCCN1C(=O)c1coc(-c2c(F)cccc2F)n1. The highest BCUT2D eigenvalue weighted by Gasteiger charge is 2.35. The summed E-state index contributed by atoms with van der Waals surface area (Å²) in [4.78, 5) is 28.4. The van der Waals surface area contributed by atoms with Crippen LogP contribution >= 0.6 is 0 Å². The third-order valence-electron chi connectivity index (χ3n) is 3.70. The van der Waals surface area contributed by atoms with Crippen LogP contribution in [-0.2, 0) is 4.79 Å². The van der Waals surface area contributed by atoms with Crippen molar-refractivity contribution in [2.75, 3.05) is 6.54 Å². The van der Waals surface area contributed by atoms with Crippen LogP contribution in [0.4, 0.5) is 8.78 Å². The Balaban J connectivity index is 1.90. The largest absolute Gasteiger partial charge is 0.480 e. The number of oxazole rings is 1. The summed E-state index contributed by atoms with van der Waals surface area (Å²) in [7, 11) is 0. The molecule has 3 rings (SSSR count). The molecule has 0 aliphatic carbocycles. The summed E-state index contributed by atoms with van der Waals surface area (Å²) in [5, 5.41) is 9.10. The van der Waals surface area contributed by atoms with E-state index in [1.807, 2.05) is 0 Å². The maximum atomic E-state index is 13.7. The van der Waals surface area contributed by atoms with E-state index in [-0.39, 0.29) is 18.1 Å². The predicted octanol–water partition coefficient (Wildman–Crippen LogP) is 2.31. The molecule has 1 aromatic carbocycles. The zero-order chi connectivity index (χ0) is 16.6. The van der Waals surface area contributed by atoms with Crippen molar-refractivity contribution < 1.29 is 27.9 Å². The second-order valence-corrected chi connectivity index (χ2v) is 5.13. The second-order valence-electron chi connectivity index (χ2n) is 5.13. The Labute approximate surface area is 129 Å². The van der Waals surface area contributed by atoms with Gasteiger partial charge >= 0.3 is 5.97 Å². The lowest BCUT2D eigenvalue weighted by Crippen LogP contribution is -2.40. The number of carboxylic acid groups (broad SMARTS) is 1. The predicted molar refractivity (Wildman–Crippen MR) is 73.5 cm³/mol. The molecule has 2 aromatic rings. The first-order valence-corrected chi connectivity index (χ1v) is 6.92. The molecule has 1 amide bonds. The lowest BCUT2D eigenvalue weighted by molar-refractivity contribution is -0.141. The summed E-state index contributed by atoms with van der Waals surface area (Å²) in [6.07, 6.45) is 1.89. The minimum Gasteiger partial charge on any atom is -0.480 e. The van der Waals surface area contributed by atoms with E-state index in [0.717, 1.165) is 18.4 Å². The van der Waals surface area contributed by atoms with Crippen molar-refractivity contribution in [1.82, 2.24) is 9.88 Å². The fourth-order valence-electron chi connectivity index (χ4n) is 2.60. The molecule has 1 unspecified atom stereocenters. The fraction of sp³-hybridized carbons (Fsp3) is 0.267. The first kappa shape index (κ1) is 15.1. The molecule has 8 heteroatoms. The Kier molecular flexibility index (Phi) is 3.81. The molecule has 0 saturated carbocycles. The molecular weight excluding hydrogens is 310 g/mol. The third-order valence-corrected chi connectivity index (χ3v) is 3.70. The van der Waals surface area contributed by atoms with Crippen molar-refractivity contribution in [2.45, 2.75) is 18.9 Å². The van der Waals surface area contributed by atoms with Gasteiger partial charge in [0.15, 0.2) is 5.69 Å². The first-order valence-electron chi connectivity index (χ1n) is 6.92. The van der Waals surface area contributed by atoms with Crippen LogP contribution in [0.3, 0.4) is 0 Å². The molecule has 120 valence electrons. The fourth-order valence-corrected chi connectivity index (χ4v) is 2.60. The van der Waals surface area contributed by atoms with E-state index >= 15 is 0 Å². The Morgan fingerprint density at radius 1 is 1.30 bits per heavy atom. The van der Waals surface area contributed by atoms with Gasteiger partial charge in [-0.2, -0.15) is 0 Å². The van der Waals surface area contributed by atoms with Crippen LogP contribution in [0.1, 0.15) is 23.3 Å². The highest BCUT2D eigenvalue weighted by molar-refractivity contribution is 5.95. The molecule has 1 aliphatic heterocycles. The standard InChI is InChI=1S/C15H12F2N2O4/c16-8-3-1-4-9(17)12(8)13-18-10(7-23-13)14(20)19-6-2-5-11(19)15(21)22/h1,3-4,7,11H,2,5-6H2,(H,21,22). The number of hydrogen-bond donors (Lipinski definition) is 1. The Bertz CT molecular complexity index is 754. The number of amides is 1. The molecule has 23 heavy (non-hydrogen) atoms. The minimum atomic E-state index is -1.10. The van der Waals surface area contributed by atoms with E-state index in [1.165, 1.54) is 11.0 Å². The maximum absolute atomic E-state index is 13.7. The zero-order valence-electron chi connectivity index (χ0n) is 11.8. The summed E-state index contributed by atoms with van der Waals surface area (Å²) >= 11 is 0. The van der Waals surface area contributed by atoms with Crippen LogP contribution in [0.5, 0.6) is 0 Å². The summed E-state index contributed by atoms with van der Waals surface area (Å²) in [5.41, 5.74) is -0.654. The number of aromatic nitrogens is 1.